The normalized spacial score (nSPS) is 25.4. The first-order chi connectivity index (χ1) is 13.6. The second-order valence-electron chi connectivity index (χ2n) is 8.63. The Labute approximate surface area is 164 Å². The molecule has 2 amide bonds. The molecule has 28 heavy (non-hydrogen) atoms. The first kappa shape index (κ1) is 17.5. The summed E-state index contributed by atoms with van der Waals surface area (Å²) in [6.07, 6.45) is 7.70. The maximum atomic E-state index is 13.1. The molecular weight excluding hydrogens is 352 g/mol. The highest BCUT2D eigenvalue weighted by Gasteiger charge is 2.46. The van der Waals surface area contributed by atoms with Crippen molar-refractivity contribution in [2.24, 2.45) is 5.41 Å². The number of aromatic nitrogens is 2. The van der Waals surface area contributed by atoms with Gasteiger partial charge in [0, 0.05) is 49.3 Å². The fourth-order valence-corrected chi connectivity index (χ4v) is 4.87. The smallest absolute Gasteiger partial charge is 0.253 e. The van der Waals surface area contributed by atoms with Crippen molar-refractivity contribution in [3.63, 3.8) is 0 Å². The van der Waals surface area contributed by atoms with Crippen molar-refractivity contribution in [1.82, 2.24) is 20.0 Å². The number of nitrogens with zero attached hydrogens (tertiary/aromatic N) is 3. The molecule has 0 bridgehead atoms. The minimum absolute atomic E-state index is 0.0836. The topological polar surface area (TPSA) is 69.3 Å². The van der Waals surface area contributed by atoms with Crippen molar-refractivity contribution in [1.29, 1.82) is 0 Å². The monoisotopic (exact) mass is 378 g/mol. The first-order valence-corrected chi connectivity index (χ1v) is 10.3. The van der Waals surface area contributed by atoms with Gasteiger partial charge in [0.05, 0.1) is 5.69 Å². The van der Waals surface area contributed by atoms with Crippen molar-refractivity contribution >= 4 is 11.8 Å². The van der Waals surface area contributed by atoms with Crippen LogP contribution in [-0.2, 0) is 4.79 Å². The van der Waals surface area contributed by atoms with E-state index in [0.29, 0.717) is 18.4 Å². The number of carbonyl (C=O) groups is 2. The highest BCUT2D eigenvalue weighted by molar-refractivity contribution is 5.94. The molecule has 2 saturated heterocycles. The Morgan fingerprint density at radius 2 is 1.93 bits per heavy atom. The van der Waals surface area contributed by atoms with Gasteiger partial charge < -0.3 is 9.80 Å². The number of piperidine rings is 2. The van der Waals surface area contributed by atoms with Crippen LogP contribution in [-0.4, -0.2) is 57.5 Å². The highest BCUT2D eigenvalue weighted by Crippen LogP contribution is 2.42. The Balaban J connectivity index is 1.30. The van der Waals surface area contributed by atoms with E-state index < -0.39 is 0 Å². The first-order valence-electron chi connectivity index (χ1n) is 10.3. The molecule has 1 aliphatic carbocycles. The van der Waals surface area contributed by atoms with E-state index in [0.717, 1.165) is 68.6 Å². The van der Waals surface area contributed by atoms with E-state index in [1.165, 1.54) is 0 Å². The summed E-state index contributed by atoms with van der Waals surface area (Å²) in [5, 5.41) is 6.93. The third-order valence-corrected chi connectivity index (χ3v) is 6.58. The van der Waals surface area contributed by atoms with Crippen LogP contribution in [0.1, 0.15) is 48.9 Å². The number of nitrogens with one attached hydrogen (secondary N) is 1. The van der Waals surface area contributed by atoms with E-state index >= 15 is 0 Å². The van der Waals surface area contributed by atoms with Gasteiger partial charge in [-0.15, -0.1) is 0 Å². The molecule has 1 aromatic heterocycles. The third-order valence-electron chi connectivity index (χ3n) is 6.58. The van der Waals surface area contributed by atoms with E-state index in [9.17, 15) is 9.59 Å². The summed E-state index contributed by atoms with van der Waals surface area (Å²) < 4.78 is 0. The SMILES string of the molecule is O=C(c1ccc(-c2ccn[nH]2)cc1)N1CCC[C@@]2(CCC(=O)N(C3CC3)C2)C1. The fraction of sp³-hybridized carbons (Fsp3) is 0.500. The summed E-state index contributed by atoms with van der Waals surface area (Å²) in [5.41, 5.74) is 2.78. The van der Waals surface area contributed by atoms with Crippen LogP contribution < -0.4 is 0 Å². The lowest BCUT2D eigenvalue weighted by Gasteiger charge is -2.48. The summed E-state index contributed by atoms with van der Waals surface area (Å²) in [5.74, 6) is 0.413. The Bertz CT molecular complexity index is 872. The van der Waals surface area contributed by atoms with Crippen molar-refractivity contribution < 1.29 is 9.59 Å². The van der Waals surface area contributed by atoms with Gasteiger partial charge in [-0.2, -0.15) is 5.10 Å². The zero-order valence-electron chi connectivity index (χ0n) is 16.1. The molecule has 146 valence electrons. The summed E-state index contributed by atoms with van der Waals surface area (Å²) in [6, 6.07) is 10.1. The van der Waals surface area contributed by atoms with Crippen LogP contribution >= 0.6 is 0 Å². The largest absolute Gasteiger partial charge is 0.339 e. The number of likely N-dealkylation sites (tertiary alicyclic amines) is 2. The Morgan fingerprint density at radius 1 is 1.11 bits per heavy atom. The molecule has 5 rings (SSSR count). The van der Waals surface area contributed by atoms with Crippen molar-refractivity contribution in [3.8, 4) is 11.3 Å². The molecule has 3 aliphatic rings. The molecule has 1 atom stereocenters. The number of H-pyrrole nitrogens is 1. The second-order valence-corrected chi connectivity index (χ2v) is 8.63. The van der Waals surface area contributed by atoms with Gasteiger partial charge >= 0.3 is 0 Å². The lowest BCUT2D eigenvalue weighted by atomic mass is 9.73. The second kappa shape index (κ2) is 6.76. The van der Waals surface area contributed by atoms with Crippen molar-refractivity contribution in [2.75, 3.05) is 19.6 Å². The molecule has 1 spiro atoms. The zero-order valence-corrected chi connectivity index (χ0v) is 16.1. The van der Waals surface area contributed by atoms with E-state index in [1.807, 2.05) is 35.2 Å². The zero-order chi connectivity index (χ0) is 19.1. The number of hydrogen-bond acceptors (Lipinski definition) is 3. The van der Waals surface area contributed by atoms with Gasteiger partial charge in [-0.25, -0.2) is 0 Å². The lowest BCUT2D eigenvalue weighted by molar-refractivity contribution is -0.139. The molecule has 1 saturated carbocycles. The predicted molar refractivity (Wildman–Crippen MR) is 106 cm³/mol. The summed E-state index contributed by atoms with van der Waals surface area (Å²) >= 11 is 0. The average Bonchev–Trinajstić information content (AvgIpc) is 3.43. The molecular formula is C22H26N4O2. The average molecular weight is 378 g/mol. The number of aromatic amines is 1. The minimum atomic E-state index is 0.0836. The maximum Gasteiger partial charge on any atom is 0.253 e. The number of carbonyl (C=O) groups excluding carboxylic acids is 2. The van der Waals surface area contributed by atoms with Gasteiger partial charge in [-0.1, -0.05) is 12.1 Å². The van der Waals surface area contributed by atoms with Crippen molar-refractivity contribution in [2.45, 2.75) is 44.6 Å². The van der Waals surface area contributed by atoms with Gasteiger partial charge in [0.2, 0.25) is 5.91 Å². The Morgan fingerprint density at radius 3 is 2.64 bits per heavy atom. The van der Waals surface area contributed by atoms with Gasteiger partial charge in [0.1, 0.15) is 0 Å². The summed E-state index contributed by atoms with van der Waals surface area (Å²) in [7, 11) is 0. The Kier molecular flexibility index (Phi) is 4.22. The number of rotatable bonds is 3. The summed E-state index contributed by atoms with van der Waals surface area (Å²) in [4.78, 5) is 29.6. The van der Waals surface area contributed by atoms with Crippen molar-refractivity contribution in [3.05, 3.63) is 42.1 Å². The van der Waals surface area contributed by atoms with Crippen LogP contribution in [0.4, 0.5) is 0 Å². The van der Waals surface area contributed by atoms with Crippen LogP contribution in [0.5, 0.6) is 0 Å². The molecule has 6 nitrogen and oxygen atoms in total. The minimum Gasteiger partial charge on any atom is -0.339 e. The molecule has 6 heteroatoms. The number of benzene rings is 1. The summed E-state index contributed by atoms with van der Waals surface area (Å²) in [6.45, 7) is 2.41. The number of hydrogen-bond donors (Lipinski definition) is 1. The molecule has 1 N–H and O–H groups in total. The number of amides is 2. The van der Waals surface area contributed by atoms with Crippen LogP contribution in [0, 0.1) is 5.41 Å². The molecule has 1 aromatic carbocycles. The lowest BCUT2D eigenvalue weighted by Crippen LogP contribution is -2.55. The van der Waals surface area contributed by atoms with Gasteiger partial charge in [-0.05, 0) is 55.9 Å². The van der Waals surface area contributed by atoms with E-state index in [2.05, 4.69) is 15.1 Å². The quantitative estimate of drug-likeness (QED) is 0.892. The van der Waals surface area contributed by atoms with E-state index in [4.69, 9.17) is 0 Å². The molecule has 2 aliphatic heterocycles. The van der Waals surface area contributed by atoms with Crippen LogP contribution in [0.15, 0.2) is 36.5 Å². The fourth-order valence-electron chi connectivity index (χ4n) is 4.87. The van der Waals surface area contributed by atoms with Crippen LogP contribution in [0.2, 0.25) is 0 Å². The predicted octanol–water partition coefficient (Wildman–Crippen LogP) is 3.08. The molecule has 0 radical (unpaired) electrons. The molecule has 3 fully saturated rings. The molecule has 2 aromatic rings. The van der Waals surface area contributed by atoms with Gasteiger partial charge in [0.15, 0.2) is 0 Å². The van der Waals surface area contributed by atoms with Crippen LogP contribution in [0.25, 0.3) is 11.3 Å². The van der Waals surface area contributed by atoms with Gasteiger partial charge in [0.25, 0.3) is 5.91 Å². The Hall–Kier alpha value is -2.63. The third kappa shape index (κ3) is 3.21. The van der Waals surface area contributed by atoms with E-state index in [-0.39, 0.29) is 11.3 Å². The van der Waals surface area contributed by atoms with E-state index in [1.54, 1.807) is 6.20 Å². The standard InChI is InChI=1S/C22H26N4O2/c27-20-8-11-22(15-26(20)18-6-7-18)10-1-13-25(14-22)21(28)17-4-2-16(3-5-17)19-9-12-23-24-19/h2-5,9,12,18H,1,6-8,10-11,13-15H2,(H,23,24)/t22-/m1/s1. The van der Waals surface area contributed by atoms with Crippen LogP contribution in [0.3, 0.4) is 0 Å². The van der Waals surface area contributed by atoms with Gasteiger partial charge in [-0.3, -0.25) is 14.7 Å². The maximum absolute atomic E-state index is 13.1. The molecule has 3 heterocycles. The highest BCUT2D eigenvalue weighted by atomic mass is 16.2. The molecule has 0 unspecified atom stereocenters.